The molecule has 27 heavy (non-hydrogen) atoms. The monoisotopic (exact) mass is 380 g/mol. The average molecular weight is 380 g/mol. The molecule has 0 fully saturated rings. The number of para-hydroxylation sites is 1. The van der Waals surface area contributed by atoms with Gasteiger partial charge in [0.05, 0.1) is 4.88 Å². The second-order valence-corrected chi connectivity index (χ2v) is 6.64. The Balaban J connectivity index is 1.70. The number of halogens is 1. The van der Waals surface area contributed by atoms with Gasteiger partial charge in [0, 0.05) is 11.1 Å². The van der Waals surface area contributed by atoms with E-state index in [0.717, 1.165) is 0 Å². The highest BCUT2D eigenvalue weighted by Crippen LogP contribution is 2.32. The van der Waals surface area contributed by atoms with Crippen molar-refractivity contribution in [1.29, 1.82) is 0 Å². The molecule has 0 radical (unpaired) electrons. The Hall–Kier alpha value is -3.45. The second kappa shape index (κ2) is 7.05. The van der Waals surface area contributed by atoms with Crippen LogP contribution < -0.4 is 10.6 Å². The van der Waals surface area contributed by atoms with Gasteiger partial charge in [-0.15, -0.1) is 11.3 Å². The summed E-state index contributed by atoms with van der Waals surface area (Å²) in [6, 6.07) is 15.9. The van der Waals surface area contributed by atoms with Gasteiger partial charge in [-0.25, -0.2) is 4.39 Å². The lowest BCUT2D eigenvalue weighted by molar-refractivity contribution is 0.0999. The van der Waals surface area contributed by atoms with Crippen LogP contribution in [0.15, 0.2) is 70.5 Å². The highest BCUT2D eigenvalue weighted by atomic mass is 32.1. The van der Waals surface area contributed by atoms with Gasteiger partial charge in [0.1, 0.15) is 17.1 Å². The Labute approximate surface area is 157 Å². The summed E-state index contributed by atoms with van der Waals surface area (Å²) < 4.78 is 18.7. The Morgan fingerprint density at radius 1 is 0.889 bits per heavy atom. The number of benzene rings is 2. The number of carbonyl (C=O) groups excluding carboxylic acids is 2. The molecule has 4 rings (SSSR count). The molecular formula is C20H13FN2O3S. The van der Waals surface area contributed by atoms with Gasteiger partial charge in [-0.1, -0.05) is 18.2 Å². The standard InChI is InChI=1S/C20H13FN2O3S/c21-12-7-9-13(10-8-12)22-20(25)18-17(14-4-1-2-5-15(14)26-18)23-19(24)16-6-3-11-27-16/h1-11H,(H,22,25)(H,23,24). The predicted octanol–water partition coefficient (Wildman–Crippen LogP) is 5.14. The first-order valence-electron chi connectivity index (χ1n) is 8.05. The first-order valence-corrected chi connectivity index (χ1v) is 8.93. The van der Waals surface area contributed by atoms with Crippen molar-refractivity contribution in [3.8, 4) is 0 Å². The Morgan fingerprint density at radius 2 is 1.67 bits per heavy atom. The molecule has 0 aliphatic carbocycles. The number of fused-ring (bicyclic) bond motifs is 1. The lowest BCUT2D eigenvalue weighted by Crippen LogP contribution is -2.16. The van der Waals surface area contributed by atoms with Crippen molar-refractivity contribution < 1.29 is 18.4 Å². The lowest BCUT2D eigenvalue weighted by atomic mass is 10.2. The molecule has 5 nitrogen and oxygen atoms in total. The summed E-state index contributed by atoms with van der Waals surface area (Å²) in [4.78, 5) is 25.7. The van der Waals surface area contributed by atoms with E-state index in [1.165, 1.54) is 35.6 Å². The highest BCUT2D eigenvalue weighted by molar-refractivity contribution is 7.12. The van der Waals surface area contributed by atoms with Crippen molar-refractivity contribution in [2.24, 2.45) is 0 Å². The molecule has 134 valence electrons. The molecule has 0 bridgehead atoms. The topological polar surface area (TPSA) is 71.3 Å². The van der Waals surface area contributed by atoms with Crippen LogP contribution in [0.3, 0.4) is 0 Å². The molecule has 0 aliphatic heterocycles. The van der Waals surface area contributed by atoms with Crippen LogP contribution in [0.1, 0.15) is 20.2 Å². The fraction of sp³-hybridized carbons (Fsp3) is 0. The lowest BCUT2D eigenvalue weighted by Gasteiger charge is -2.06. The minimum absolute atomic E-state index is 0.0227. The third kappa shape index (κ3) is 3.45. The molecule has 2 N–H and O–H groups in total. The molecule has 2 amide bonds. The Kier molecular flexibility index (Phi) is 4.43. The average Bonchev–Trinajstić information content (AvgIpc) is 3.32. The first kappa shape index (κ1) is 17.0. The molecular weight excluding hydrogens is 367 g/mol. The number of carbonyl (C=O) groups is 2. The fourth-order valence-electron chi connectivity index (χ4n) is 2.63. The number of nitrogens with one attached hydrogen (secondary N) is 2. The quantitative estimate of drug-likeness (QED) is 0.515. The van der Waals surface area contributed by atoms with Gasteiger partial charge in [-0.3, -0.25) is 9.59 Å². The summed E-state index contributed by atoms with van der Waals surface area (Å²) in [5.41, 5.74) is 1.18. The van der Waals surface area contributed by atoms with Crippen LogP contribution in [0.4, 0.5) is 15.8 Å². The molecule has 0 unspecified atom stereocenters. The van der Waals surface area contributed by atoms with Crippen LogP contribution in [0, 0.1) is 5.82 Å². The van der Waals surface area contributed by atoms with E-state index in [1.54, 1.807) is 41.8 Å². The van der Waals surface area contributed by atoms with Crippen molar-refractivity contribution in [1.82, 2.24) is 0 Å². The smallest absolute Gasteiger partial charge is 0.293 e. The van der Waals surface area contributed by atoms with Gasteiger partial charge >= 0.3 is 0 Å². The van der Waals surface area contributed by atoms with Crippen LogP contribution in [0.25, 0.3) is 11.0 Å². The zero-order valence-electron chi connectivity index (χ0n) is 13.9. The Bertz CT molecular complexity index is 1120. The summed E-state index contributed by atoms with van der Waals surface area (Å²) in [5, 5.41) is 7.83. The zero-order chi connectivity index (χ0) is 18.8. The maximum absolute atomic E-state index is 13.1. The molecule has 0 aliphatic rings. The van der Waals surface area contributed by atoms with Crippen LogP contribution in [-0.2, 0) is 0 Å². The number of furan rings is 1. The third-order valence-electron chi connectivity index (χ3n) is 3.89. The van der Waals surface area contributed by atoms with Gasteiger partial charge in [0.15, 0.2) is 0 Å². The third-order valence-corrected chi connectivity index (χ3v) is 4.76. The van der Waals surface area contributed by atoms with Crippen molar-refractivity contribution >= 4 is 45.5 Å². The molecule has 7 heteroatoms. The molecule has 2 aromatic carbocycles. The fourth-order valence-corrected chi connectivity index (χ4v) is 3.25. The summed E-state index contributed by atoms with van der Waals surface area (Å²) >= 11 is 1.30. The number of thiophene rings is 1. The first-order chi connectivity index (χ1) is 13.1. The summed E-state index contributed by atoms with van der Waals surface area (Å²) in [5.74, 6) is -1.29. The van der Waals surface area contributed by atoms with Crippen LogP contribution >= 0.6 is 11.3 Å². The Morgan fingerprint density at radius 3 is 2.41 bits per heavy atom. The summed E-state index contributed by atoms with van der Waals surface area (Å²) in [6.45, 7) is 0. The highest BCUT2D eigenvalue weighted by Gasteiger charge is 2.23. The minimum Gasteiger partial charge on any atom is -0.449 e. The van der Waals surface area contributed by atoms with Crippen LogP contribution in [0.2, 0.25) is 0 Å². The van der Waals surface area contributed by atoms with E-state index in [-0.39, 0.29) is 11.7 Å². The maximum Gasteiger partial charge on any atom is 0.293 e. The van der Waals surface area contributed by atoms with Crippen LogP contribution in [-0.4, -0.2) is 11.8 Å². The van der Waals surface area contributed by atoms with Crippen molar-refractivity contribution in [3.05, 3.63) is 82.5 Å². The normalized spacial score (nSPS) is 10.7. The SMILES string of the molecule is O=C(Nc1c(C(=O)Nc2ccc(F)cc2)oc2ccccc12)c1cccs1. The number of hydrogen-bond acceptors (Lipinski definition) is 4. The molecule has 0 saturated carbocycles. The number of anilines is 2. The number of amides is 2. The van der Waals surface area contributed by atoms with E-state index in [0.29, 0.717) is 27.2 Å². The number of hydrogen-bond donors (Lipinski definition) is 2. The van der Waals surface area contributed by atoms with Crippen molar-refractivity contribution in [2.75, 3.05) is 10.6 Å². The van der Waals surface area contributed by atoms with Crippen LogP contribution in [0.5, 0.6) is 0 Å². The maximum atomic E-state index is 13.1. The van der Waals surface area contributed by atoms with Crippen molar-refractivity contribution in [3.63, 3.8) is 0 Å². The molecule has 0 atom stereocenters. The van der Waals surface area contributed by atoms with Gasteiger partial charge in [0.2, 0.25) is 5.76 Å². The molecule has 2 aromatic heterocycles. The van der Waals surface area contributed by atoms with E-state index in [1.807, 2.05) is 0 Å². The van der Waals surface area contributed by atoms with E-state index in [2.05, 4.69) is 10.6 Å². The minimum atomic E-state index is -0.542. The van der Waals surface area contributed by atoms with Gasteiger partial charge in [-0.2, -0.15) is 0 Å². The van der Waals surface area contributed by atoms with Gasteiger partial charge < -0.3 is 15.1 Å². The zero-order valence-corrected chi connectivity index (χ0v) is 14.7. The molecule has 4 aromatic rings. The molecule has 0 saturated heterocycles. The molecule has 2 heterocycles. The number of rotatable bonds is 4. The van der Waals surface area contributed by atoms with Gasteiger partial charge in [0.25, 0.3) is 11.8 Å². The van der Waals surface area contributed by atoms with E-state index < -0.39 is 11.7 Å². The summed E-state index contributed by atoms with van der Waals surface area (Å²) in [7, 11) is 0. The van der Waals surface area contributed by atoms with E-state index >= 15 is 0 Å². The summed E-state index contributed by atoms with van der Waals surface area (Å²) in [6.07, 6.45) is 0. The second-order valence-electron chi connectivity index (χ2n) is 5.69. The predicted molar refractivity (Wildman–Crippen MR) is 103 cm³/mol. The largest absolute Gasteiger partial charge is 0.449 e. The van der Waals surface area contributed by atoms with Crippen molar-refractivity contribution in [2.45, 2.75) is 0 Å². The van der Waals surface area contributed by atoms with E-state index in [4.69, 9.17) is 4.42 Å². The molecule has 0 spiro atoms. The van der Waals surface area contributed by atoms with Gasteiger partial charge in [-0.05, 0) is 47.8 Å². The van der Waals surface area contributed by atoms with E-state index in [9.17, 15) is 14.0 Å².